The predicted octanol–water partition coefficient (Wildman–Crippen LogP) is 2.15. The third kappa shape index (κ3) is 3.93. The van der Waals surface area contributed by atoms with Crippen molar-refractivity contribution in [3.8, 4) is 0 Å². The van der Waals surface area contributed by atoms with Crippen molar-refractivity contribution in [2.24, 2.45) is 0 Å². The van der Waals surface area contributed by atoms with E-state index in [0.29, 0.717) is 18.2 Å². The highest BCUT2D eigenvalue weighted by atomic mass is 16.5. The number of hydrogen-bond acceptors (Lipinski definition) is 5. The van der Waals surface area contributed by atoms with Crippen molar-refractivity contribution in [3.05, 3.63) is 23.9 Å². The van der Waals surface area contributed by atoms with Crippen LogP contribution in [0.1, 0.15) is 37.0 Å². The fourth-order valence-electron chi connectivity index (χ4n) is 2.40. The summed E-state index contributed by atoms with van der Waals surface area (Å²) in [6.07, 6.45) is 4.16. The summed E-state index contributed by atoms with van der Waals surface area (Å²) < 4.78 is 4.93. The molecule has 1 aliphatic heterocycles. The molecule has 1 unspecified atom stereocenters. The van der Waals surface area contributed by atoms with Gasteiger partial charge >= 0.3 is 5.97 Å². The molecule has 2 heterocycles. The van der Waals surface area contributed by atoms with Crippen molar-refractivity contribution in [1.29, 1.82) is 0 Å². The Kier molecular flexibility index (Phi) is 5.35. The van der Waals surface area contributed by atoms with Crippen molar-refractivity contribution >= 4 is 11.8 Å². The lowest BCUT2D eigenvalue weighted by Gasteiger charge is -2.24. The van der Waals surface area contributed by atoms with Crippen LogP contribution < -0.4 is 5.32 Å². The van der Waals surface area contributed by atoms with Gasteiger partial charge in [0.05, 0.1) is 12.2 Å². The summed E-state index contributed by atoms with van der Waals surface area (Å²) in [4.78, 5) is 18.2. The van der Waals surface area contributed by atoms with Crippen molar-refractivity contribution in [1.82, 2.24) is 9.88 Å². The number of ether oxygens (including phenoxy) is 1. The maximum atomic E-state index is 11.5. The average molecular weight is 277 g/mol. The van der Waals surface area contributed by atoms with Crippen LogP contribution >= 0.6 is 0 Å². The number of carbonyl (C=O) groups excluding carboxylic acids is 1. The molecule has 110 valence electrons. The molecule has 2 rings (SSSR count). The third-order valence-electron chi connectivity index (χ3n) is 3.62. The maximum Gasteiger partial charge on any atom is 0.339 e. The Morgan fingerprint density at radius 2 is 2.20 bits per heavy atom. The van der Waals surface area contributed by atoms with E-state index in [4.69, 9.17) is 4.74 Å². The molecule has 1 fully saturated rings. The van der Waals surface area contributed by atoms with E-state index < -0.39 is 0 Å². The van der Waals surface area contributed by atoms with E-state index in [2.05, 4.69) is 22.1 Å². The summed E-state index contributed by atoms with van der Waals surface area (Å²) in [6.45, 7) is 7.65. The molecule has 5 nitrogen and oxygen atoms in total. The van der Waals surface area contributed by atoms with E-state index in [1.165, 1.54) is 25.9 Å². The quantitative estimate of drug-likeness (QED) is 0.808. The van der Waals surface area contributed by atoms with Crippen molar-refractivity contribution < 1.29 is 9.53 Å². The first kappa shape index (κ1) is 14.8. The number of esters is 1. The van der Waals surface area contributed by atoms with Gasteiger partial charge in [-0.05, 0) is 51.9 Å². The molecule has 5 heteroatoms. The topological polar surface area (TPSA) is 54.5 Å². The minimum atomic E-state index is -0.322. The number of likely N-dealkylation sites (tertiary alicyclic amines) is 1. The highest BCUT2D eigenvalue weighted by molar-refractivity contribution is 5.89. The van der Waals surface area contributed by atoms with Gasteiger partial charge in [0.15, 0.2) is 0 Å². The summed E-state index contributed by atoms with van der Waals surface area (Å²) in [5, 5.41) is 3.31. The number of hydrogen-bond donors (Lipinski definition) is 1. The van der Waals surface area contributed by atoms with Crippen LogP contribution in [0.3, 0.4) is 0 Å². The molecule has 0 aliphatic carbocycles. The highest BCUT2D eigenvalue weighted by Crippen LogP contribution is 2.12. The SMILES string of the molecule is CCOC(=O)c1ccc(NCC(C)N2CCCC2)nc1. The Morgan fingerprint density at radius 1 is 1.45 bits per heavy atom. The molecule has 1 atom stereocenters. The molecule has 20 heavy (non-hydrogen) atoms. The second-order valence-electron chi connectivity index (χ2n) is 5.13. The molecule has 0 aromatic carbocycles. The molecular formula is C15H23N3O2. The number of anilines is 1. The Balaban J connectivity index is 1.82. The number of aromatic nitrogens is 1. The fourth-order valence-corrected chi connectivity index (χ4v) is 2.40. The zero-order valence-corrected chi connectivity index (χ0v) is 12.3. The van der Waals surface area contributed by atoms with Crippen LogP contribution in [0.4, 0.5) is 5.82 Å². The third-order valence-corrected chi connectivity index (χ3v) is 3.62. The summed E-state index contributed by atoms with van der Waals surface area (Å²) in [6, 6.07) is 4.07. The molecule has 0 radical (unpaired) electrons. The van der Waals surface area contributed by atoms with Gasteiger partial charge in [0, 0.05) is 18.8 Å². The predicted molar refractivity (Wildman–Crippen MR) is 79.0 cm³/mol. The van der Waals surface area contributed by atoms with Crippen LogP contribution in [-0.4, -0.2) is 48.1 Å². The van der Waals surface area contributed by atoms with E-state index >= 15 is 0 Å². The van der Waals surface area contributed by atoms with Crippen LogP contribution in [0.2, 0.25) is 0 Å². The summed E-state index contributed by atoms with van der Waals surface area (Å²) in [7, 11) is 0. The maximum absolute atomic E-state index is 11.5. The average Bonchev–Trinajstić information content (AvgIpc) is 3.00. The van der Waals surface area contributed by atoms with Crippen LogP contribution in [0.25, 0.3) is 0 Å². The Morgan fingerprint density at radius 3 is 2.80 bits per heavy atom. The molecule has 1 aliphatic rings. The molecule has 0 saturated carbocycles. The van der Waals surface area contributed by atoms with Crippen LogP contribution in [0, 0.1) is 0 Å². The van der Waals surface area contributed by atoms with Crippen molar-refractivity contribution in [2.45, 2.75) is 32.7 Å². The molecule has 0 bridgehead atoms. The van der Waals surface area contributed by atoms with E-state index in [0.717, 1.165) is 12.4 Å². The van der Waals surface area contributed by atoms with Gasteiger partial charge in [-0.3, -0.25) is 4.90 Å². The number of carbonyl (C=O) groups is 1. The van der Waals surface area contributed by atoms with Gasteiger partial charge in [0.25, 0.3) is 0 Å². The lowest BCUT2D eigenvalue weighted by Crippen LogP contribution is -2.35. The number of nitrogens with one attached hydrogen (secondary N) is 1. The first-order valence-electron chi connectivity index (χ1n) is 7.32. The number of pyridine rings is 1. The van der Waals surface area contributed by atoms with Crippen LogP contribution in [0.5, 0.6) is 0 Å². The lowest BCUT2D eigenvalue weighted by molar-refractivity contribution is 0.0526. The molecule has 1 aromatic rings. The highest BCUT2D eigenvalue weighted by Gasteiger charge is 2.17. The van der Waals surface area contributed by atoms with Gasteiger partial charge < -0.3 is 10.1 Å². The van der Waals surface area contributed by atoms with Crippen molar-refractivity contribution in [2.75, 3.05) is 31.6 Å². The number of nitrogens with zero attached hydrogens (tertiary/aromatic N) is 2. The van der Waals surface area contributed by atoms with E-state index in [1.807, 2.05) is 6.07 Å². The normalized spacial score (nSPS) is 16.9. The van der Waals surface area contributed by atoms with Gasteiger partial charge in [-0.25, -0.2) is 9.78 Å². The second kappa shape index (κ2) is 7.24. The summed E-state index contributed by atoms with van der Waals surface area (Å²) in [5.74, 6) is 0.473. The lowest BCUT2D eigenvalue weighted by atomic mass is 10.2. The standard InChI is InChI=1S/C15H23N3O2/c1-3-20-15(19)13-6-7-14(17-11-13)16-10-12(2)18-8-4-5-9-18/h6-7,11-12H,3-5,8-10H2,1-2H3,(H,16,17). The van der Waals surface area contributed by atoms with Gasteiger partial charge in [0.2, 0.25) is 0 Å². The van der Waals surface area contributed by atoms with Gasteiger partial charge in [0.1, 0.15) is 5.82 Å². The molecule has 1 aromatic heterocycles. The van der Waals surface area contributed by atoms with Crippen LogP contribution in [0.15, 0.2) is 18.3 Å². The molecular weight excluding hydrogens is 254 g/mol. The molecule has 1 saturated heterocycles. The van der Waals surface area contributed by atoms with Crippen LogP contribution in [-0.2, 0) is 4.74 Å². The smallest absolute Gasteiger partial charge is 0.339 e. The zero-order chi connectivity index (χ0) is 14.4. The Labute approximate surface area is 120 Å². The largest absolute Gasteiger partial charge is 0.462 e. The van der Waals surface area contributed by atoms with E-state index in [9.17, 15) is 4.79 Å². The zero-order valence-electron chi connectivity index (χ0n) is 12.3. The Hall–Kier alpha value is -1.62. The van der Waals surface area contributed by atoms with Gasteiger partial charge in [-0.15, -0.1) is 0 Å². The monoisotopic (exact) mass is 277 g/mol. The fraction of sp³-hybridized carbons (Fsp3) is 0.600. The first-order chi connectivity index (χ1) is 9.70. The van der Waals surface area contributed by atoms with Gasteiger partial charge in [-0.1, -0.05) is 0 Å². The summed E-state index contributed by atoms with van der Waals surface area (Å²) >= 11 is 0. The van der Waals surface area contributed by atoms with E-state index in [1.54, 1.807) is 19.2 Å². The first-order valence-corrected chi connectivity index (χ1v) is 7.32. The second-order valence-corrected chi connectivity index (χ2v) is 5.13. The summed E-state index contributed by atoms with van der Waals surface area (Å²) in [5.41, 5.74) is 0.491. The van der Waals surface area contributed by atoms with E-state index in [-0.39, 0.29) is 5.97 Å². The Bertz CT molecular complexity index is 427. The molecule has 0 spiro atoms. The van der Waals surface area contributed by atoms with Gasteiger partial charge in [-0.2, -0.15) is 0 Å². The molecule has 1 N–H and O–H groups in total. The minimum Gasteiger partial charge on any atom is -0.462 e. The number of rotatable bonds is 6. The molecule has 0 amide bonds. The minimum absolute atomic E-state index is 0.322. The van der Waals surface area contributed by atoms with Crippen molar-refractivity contribution in [3.63, 3.8) is 0 Å².